The second-order valence-electron chi connectivity index (χ2n) is 10.2. The van der Waals surface area contributed by atoms with E-state index in [2.05, 4.69) is 5.32 Å². The number of carbonyl (C=O) groups is 2. The molecule has 1 fully saturated rings. The van der Waals surface area contributed by atoms with Crippen molar-refractivity contribution < 1.29 is 22.4 Å². The van der Waals surface area contributed by atoms with E-state index in [9.17, 15) is 22.4 Å². The average Bonchev–Trinajstić information content (AvgIpc) is 3.45. The number of benzene rings is 3. The fourth-order valence-corrected chi connectivity index (χ4v) is 6.73. The summed E-state index contributed by atoms with van der Waals surface area (Å²) in [6.07, 6.45) is 3.74. The summed E-state index contributed by atoms with van der Waals surface area (Å²) in [5, 5.41) is 3.62. The second-order valence-corrected chi connectivity index (χ2v) is 12.9. The Morgan fingerprint density at radius 2 is 1.56 bits per heavy atom. The van der Waals surface area contributed by atoms with E-state index in [1.54, 1.807) is 37.3 Å². The number of anilines is 1. The van der Waals surface area contributed by atoms with Crippen LogP contribution in [0, 0.1) is 12.7 Å². The van der Waals surface area contributed by atoms with Crippen molar-refractivity contribution in [3.63, 3.8) is 0 Å². The lowest BCUT2D eigenvalue weighted by atomic mass is 10.1. The highest BCUT2D eigenvalue weighted by Crippen LogP contribution is 2.29. The van der Waals surface area contributed by atoms with E-state index >= 15 is 0 Å². The van der Waals surface area contributed by atoms with Crippen molar-refractivity contribution in [1.29, 1.82) is 0 Å². The maximum Gasteiger partial charge on any atom is 0.264 e. The second kappa shape index (κ2) is 13.2. The molecular formula is C30H32Cl2FN3O4S. The van der Waals surface area contributed by atoms with Crippen molar-refractivity contribution in [1.82, 2.24) is 10.2 Å². The molecule has 0 aliphatic heterocycles. The molecule has 0 unspecified atom stereocenters. The van der Waals surface area contributed by atoms with Gasteiger partial charge in [0.15, 0.2) is 0 Å². The molecule has 2 amide bonds. The van der Waals surface area contributed by atoms with Gasteiger partial charge in [-0.3, -0.25) is 13.9 Å². The van der Waals surface area contributed by atoms with Gasteiger partial charge in [0.2, 0.25) is 11.8 Å². The fraction of sp³-hybridized carbons (Fsp3) is 0.333. The smallest absolute Gasteiger partial charge is 0.264 e. The third-order valence-electron chi connectivity index (χ3n) is 7.26. The van der Waals surface area contributed by atoms with Crippen molar-refractivity contribution in [3.8, 4) is 0 Å². The van der Waals surface area contributed by atoms with Gasteiger partial charge in [0.05, 0.1) is 10.6 Å². The molecule has 1 atom stereocenters. The zero-order valence-electron chi connectivity index (χ0n) is 22.8. The summed E-state index contributed by atoms with van der Waals surface area (Å²) in [7, 11) is -4.26. The predicted octanol–water partition coefficient (Wildman–Crippen LogP) is 6.11. The molecule has 7 nitrogen and oxygen atoms in total. The minimum atomic E-state index is -4.26. The Labute approximate surface area is 250 Å². The maximum absolute atomic E-state index is 14.0. The van der Waals surface area contributed by atoms with E-state index in [-0.39, 0.29) is 29.1 Å². The zero-order chi connectivity index (χ0) is 29.7. The van der Waals surface area contributed by atoms with E-state index in [1.165, 1.54) is 29.2 Å². The number of sulfonamides is 1. The number of amides is 2. The molecule has 0 aromatic heterocycles. The minimum absolute atomic E-state index is 0.0171. The van der Waals surface area contributed by atoms with Gasteiger partial charge in [-0.05, 0) is 75.2 Å². The molecular weight excluding hydrogens is 588 g/mol. The topological polar surface area (TPSA) is 86.8 Å². The Morgan fingerprint density at radius 1 is 0.976 bits per heavy atom. The van der Waals surface area contributed by atoms with Gasteiger partial charge in [-0.25, -0.2) is 12.8 Å². The number of halogens is 3. The molecule has 41 heavy (non-hydrogen) atoms. The van der Waals surface area contributed by atoms with Crippen molar-refractivity contribution >= 4 is 50.7 Å². The van der Waals surface area contributed by atoms with E-state index in [1.807, 2.05) is 6.92 Å². The summed E-state index contributed by atoms with van der Waals surface area (Å²) >= 11 is 12.8. The monoisotopic (exact) mass is 619 g/mol. The third-order valence-corrected chi connectivity index (χ3v) is 9.76. The SMILES string of the molecule is Cc1ccc(S(=O)(=O)N(CC(=O)N(Cc2c(Cl)cccc2Cl)[C@H](C)C(=O)NC2CCCC2)c2ccc(F)cc2)cc1. The summed E-state index contributed by atoms with van der Waals surface area (Å²) in [4.78, 5) is 28.6. The number of hydrogen-bond donors (Lipinski definition) is 1. The quantitative estimate of drug-likeness (QED) is 0.296. The third kappa shape index (κ3) is 7.39. The largest absolute Gasteiger partial charge is 0.352 e. The average molecular weight is 621 g/mol. The van der Waals surface area contributed by atoms with E-state index in [0.29, 0.717) is 15.6 Å². The summed E-state index contributed by atoms with van der Waals surface area (Å²) < 4.78 is 42.3. The molecule has 1 N–H and O–H groups in total. The number of rotatable bonds is 10. The first kappa shape index (κ1) is 30.8. The van der Waals surface area contributed by atoms with Crippen molar-refractivity contribution in [2.45, 2.75) is 63.1 Å². The minimum Gasteiger partial charge on any atom is -0.352 e. The lowest BCUT2D eigenvalue weighted by Crippen LogP contribution is -2.52. The van der Waals surface area contributed by atoms with Crippen LogP contribution in [-0.2, 0) is 26.2 Å². The van der Waals surface area contributed by atoms with Crippen molar-refractivity contribution in [2.24, 2.45) is 0 Å². The van der Waals surface area contributed by atoms with E-state index in [4.69, 9.17) is 23.2 Å². The van der Waals surface area contributed by atoms with Gasteiger partial charge < -0.3 is 10.2 Å². The number of hydrogen-bond acceptors (Lipinski definition) is 4. The first-order valence-corrected chi connectivity index (χ1v) is 15.5. The predicted molar refractivity (Wildman–Crippen MR) is 159 cm³/mol. The molecule has 1 aliphatic carbocycles. The van der Waals surface area contributed by atoms with Crippen LogP contribution in [0.5, 0.6) is 0 Å². The van der Waals surface area contributed by atoms with Crippen molar-refractivity contribution in [3.05, 3.63) is 93.7 Å². The Hall–Kier alpha value is -3.14. The Morgan fingerprint density at radius 3 is 2.15 bits per heavy atom. The number of nitrogens with zero attached hydrogens (tertiary/aromatic N) is 2. The van der Waals surface area contributed by atoms with Gasteiger partial charge in [0, 0.05) is 28.2 Å². The molecule has 3 aromatic carbocycles. The van der Waals surface area contributed by atoms with Crippen LogP contribution in [0.2, 0.25) is 10.0 Å². The summed E-state index contributed by atoms with van der Waals surface area (Å²) in [6, 6.07) is 15.0. The molecule has 4 rings (SSSR count). The molecule has 0 spiro atoms. The highest BCUT2D eigenvalue weighted by Gasteiger charge is 2.34. The first-order chi connectivity index (χ1) is 19.5. The Bertz CT molecular complexity index is 1470. The fourth-order valence-electron chi connectivity index (χ4n) is 4.80. The lowest BCUT2D eigenvalue weighted by molar-refractivity contribution is -0.139. The molecule has 0 saturated heterocycles. The summed E-state index contributed by atoms with van der Waals surface area (Å²) in [6.45, 7) is 2.64. The zero-order valence-corrected chi connectivity index (χ0v) is 25.1. The molecule has 0 heterocycles. The van der Waals surface area contributed by atoms with Gasteiger partial charge in [0.25, 0.3) is 10.0 Å². The van der Waals surface area contributed by atoms with E-state index < -0.39 is 34.3 Å². The van der Waals surface area contributed by atoms with Crippen LogP contribution in [0.3, 0.4) is 0 Å². The molecule has 3 aromatic rings. The number of nitrogens with one attached hydrogen (secondary N) is 1. The van der Waals surface area contributed by atoms with Crippen LogP contribution in [-0.4, -0.2) is 43.8 Å². The van der Waals surface area contributed by atoms with Crippen molar-refractivity contribution in [2.75, 3.05) is 10.8 Å². The molecule has 218 valence electrons. The van der Waals surface area contributed by atoms with Crippen LogP contribution >= 0.6 is 23.2 Å². The number of aryl methyl sites for hydroxylation is 1. The Balaban J connectivity index is 1.71. The normalized spacial score (nSPS) is 14.5. The van der Waals surface area contributed by atoms with Crippen LogP contribution in [0.15, 0.2) is 71.6 Å². The molecule has 11 heteroatoms. The highest BCUT2D eigenvalue weighted by atomic mass is 35.5. The first-order valence-electron chi connectivity index (χ1n) is 13.3. The van der Waals surface area contributed by atoms with Gasteiger partial charge in [-0.15, -0.1) is 0 Å². The summed E-state index contributed by atoms with van der Waals surface area (Å²) in [5.41, 5.74) is 1.39. The van der Waals surface area contributed by atoms with Gasteiger partial charge >= 0.3 is 0 Å². The molecule has 0 bridgehead atoms. The van der Waals surface area contributed by atoms with Crippen LogP contribution in [0.4, 0.5) is 10.1 Å². The van der Waals surface area contributed by atoms with E-state index in [0.717, 1.165) is 47.7 Å². The Kier molecular flexibility index (Phi) is 9.94. The number of carbonyl (C=O) groups excluding carboxylic acids is 2. The summed E-state index contributed by atoms with van der Waals surface area (Å²) in [5.74, 6) is -1.57. The van der Waals surface area contributed by atoms with Crippen LogP contribution in [0.1, 0.15) is 43.7 Å². The van der Waals surface area contributed by atoms with Gasteiger partial charge in [-0.1, -0.05) is 59.8 Å². The molecule has 1 aliphatic rings. The molecule has 1 saturated carbocycles. The lowest BCUT2D eigenvalue weighted by Gasteiger charge is -2.33. The van der Waals surface area contributed by atoms with Crippen LogP contribution in [0.25, 0.3) is 0 Å². The van der Waals surface area contributed by atoms with Gasteiger partial charge in [0.1, 0.15) is 18.4 Å². The standard InChI is InChI=1S/C30H32Cl2FN3O4S/c1-20-10-16-25(17-11-20)41(39,40)36(24-14-12-22(33)13-15-24)19-29(37)35(18-26-27(31)8-5-9-28(26)32)21(2)30(38)34-23-6-3-4-7-23/h5,8-17,21,23H,3-4,6-7,18-19H2,1-2H3,(H,34,38)/t21-/m1/s1. The van der Waals surface area contributed by atoms with Gasteiger partial charge in [-0.2, -0.15) is 0 Å². The molecule has 0 radical (unpaired) electrons. The maximum atomic E-state index is 14.0. The highest BCUT2D eigenvalue weighted by molar-refractivity contribution is 7.92. The van der Waals surface area contributed by atoms with Crippen LogP contribution < -0.4 is 9.62 Å².